The highest BCUT2D eigenvalue weighted by Gasteiger charge is 2.26. The first-order valence-corrected chi connectivity index (χ1v) is 7.40. The summed E-state index contributed by atoms with van der Waals surface area (Å²) in [4.78, 5) is 26.1. The fourth-order valence-electron chi connectivity index (χ4n) is 2.74. The van der Waals surface area contributed by atoms with Crippen molar-refractivity contribution in [3.8, 4) is 0 Å². The predicted octanol–water partition coefficient (Wildman–Crippen LogP) is 1.25. The summed E-state index contributed by atoms with van der Waals surface area (Å²) in [6.07, 6.45) is 2.05. The summed E-state index contributed by atoms with van der Waals surface area (Å²) in [6, 6.07) is 6.94. The molecule has 1 aliphatic rings. The fourth-order valence-corrected chi connectivity index (χ4v) is 2.74. The molecule has 0 spiro atoms. The molecule has 1 aliphatic heterocycles. The van der Waals surface area contributed by atoms with E-state index in [1.54, 1.807) is 31.3 Å². The number of nitrogens with zero attached hydrogens (tertiary/aromatic N) is 1. The molecule has 2 unspecified atom stereocenters. The van der Waals surface area contributed by atoms with Crippen molar-refractivity contribution < 1.29 is 9.59 Å². The van der Waals surface area contributed by atoms with Gasteiger partial charge in [-0.1, -0.05) is 6.07 Å². The Labute approximate surface area is 125 Å². The van der Waals surface area contributed by atoms with Crippen molar-refractivity contribution in [1.82, 2.24) is 10.2 Å². The van der Waals surface area contributed by atoms with Gasteiger partial charge in [0.2, 0.25) is 0 Å². The second kappa shape index (κ2) is 6.72. The zero-order valence-electron chi connectivity index (χ0n) is 12.6. The number of likely N-dealkylation sites (tertiary alicyclic amines) is 1. The molecule has 1 fully saturated rings. The van der Waals surface area contributed by atoms with Gasteiger partial charge in [0.05, 0.1) is 0 Å². The third-order valence-electron chi connectivity index (χ3n) is 4.09. The molecular weight excluding hydrogens is 266 g/mol. The van der Waals surface area contributed by atoms with E-state index in [9.17, 15) is 9.59 Å². The van der Waals surface area contributed by atoms with E-state index >= 15 is 0 Å². The molecule has 2 amide bonds. The quantitative estimate of drug-likeness (QED) is 0.879. The van der Waals surface area contributed by atoms with Crippen LogP contribution in [-0.4, -0.2) is 42.9 Å². The van der Waals surface area contributed by atoms with Crippen molar-refractivity contribution in [3.63, 3.8) is 0 Å². The van der Waals surface area contributed by atoms with Crippen LogP contribution in [0, 0.1) is 5.92 Å². The lowest BCUT2D eigenvalue weighted by Gasteiger charge is -2.34. The summed E-state index contributed by atoms with van der Waals surface area (Å²) in [5.41, 5.74) is 7.02. The first kappa shape index (κ1) is 15.5. The Balaban J connectivity index is 2.14. The maximum atomic E-state index is 12.6. The highest BCUT2D eigenvalue weighted by Crippen LogP contribution is 2.20. The van der Waals surface area contributed by atoms with E-state index in [0.29, 0.717) is 23.6 Å². The molecule has 1 saturated heterocycles. The summed E-state index contributed by atoms with van der Waals surface area (Å²) in [5.74, 6) is 0.146. The van der Waals surface area contributed by atoms with Gasteiger partial charge in [-0.05, 0) is 43.9 Å². The summed E-state index contributed by atoms with van der Waals surface area (Å²) in [5, 5.41) is 2.57. The van der Waals surface area contributed by atoms with Gasteiger partial charge in [-0.2, -0.15) is 0 Å². The fraction of sp³-hybridized carbons (Fsp3) is 0.500. The number of nitrogens with one attached hydrogen (secondary N) is 1. The minimum absolute atomic E-state index is 0.0221. The first-order chi connectivity index (χ1) is 10.0. The Morgan fingerprint density at radius 3 is 2.76 bits per heavy atom. The number of amides is 2. The monoisotopic (exact) mass is 289 g/mol. The van der Waals surface area contributed by atoms with Crippen LogP contribution >= 0.6 is 0 Å². The van der Waals surface area contributed by atoms with Gasteiger partial charge < -0.3 is 16.0 Å². The van der Waals surface area contributed by atoms with Gasteiger partial charge in [-0.25, -0.2) is 0 Å². The molecule has 5 heteroatoms. The summed E-state index contributed by atoms with van der Waals surface area (Å²) in [7, 11) is 1.58. The molecule has 3 N–H and O–H groups in total. The van der Waals surface area contributed by atoms with Crippen LogP contribution in [-0.2, 0) is 0 Å². The van der Waals surface area contributed by atoms with Gasteiger partial charge in [0, 0.05) is 37.3 Å². The van der Waals surface area contributed by atoms with Crippen molar-refractivity contribution in [2.75, 3.05) is 20.1 Å². The van der Waals surface area contributed by atoms with E-state index in [4.69, 9.17) is 5.73 Å². The van der Waals surface area contributed by atoms with Crippen molar-refractivity contribution in [1.29, 1.82) is 0 Å². The van der Waals surface area contributed by atoms with Crippen LogP contribution in [0.15, 0.2) is 24.3 Å². The average Bonchev–Trinajstić information content (AvgIpc) is 2.53. The van der Waals surface area contributed by atoms with Gasteiger partial charge in [0.1, 0.15) is 0 Å². The maximum absolute atomic E-state index is 12.6. The largest absolute Gasteiger partial charge is 0.355 e. The zero-order valence-corrected chi connectivity index (χ0v) is 12.6. The number of hydrogen-bond acceptors (Lipinski definition) is 3. The topological polar surface area (TPSA) is 75.4 Å². The van der Waals surface area contributed by atoms with Crippen molar-refractivity contribution in [2.24, 2.45) is 11.7 Å². The molecule has 0 aromatic heterocycles. The standard InChI is InChI=1S/C16H23N3O2/c1-11(17)14-7-4-8-19(10-14)16(21)13-6-3-5-12(9-13)15(20)18-2/h3,5-6,9,11,14H,4,7-8,10,17H2,1-2H3,(H,18,20). The molecule has 5 nitrogen and oxygen atoms in total. The Morgan fingerprint density at radius 1 is 1.38 bits per heavy atom. The minimum atomic E-state index is -0.184. The first-order valence-electron chi connectivity index (χ1n) is 7.40. The zero-order chi connectivity index (χ0) is 15.4. The van der Waals surface area contributed by atoms with Crippen LogP contribution in [0.5, 0.6) is 0 Å². The lowest BCUT2D eigenvalue weighted by Crippen LogP contribution is -2.45. The summed E-state index contributed by atoms with van der Waals surface area (Å²) in [6.45, 7) is 3.44. The van der Waals surface area contributed by atoms with Crippen molar-refractivity contribution in [2.45, 2.75) is 25.8 Å². The number of nitrogens with two attached hydrogens (primary N) is 1. The summed E-state index contributed by atoms with van der Waals surface area (Å²) >= 11 is 0. The van der Waals surface area contributed by atoms with Gasteiger partial charge in [0.25, 0.3) is 11.8 Å². The predicted molar refractivity (Wildman–Crippen MR) is 82.1 cm³/mol. The molecule has 2 atom stereocenters. The molecule has 0 aliphatic carbocycles. The number of carbonyl (C=O) groups excluding carboxylic acids is 2. The third-order valence-corrected chi connectivity index (χ3v) is 4.09. The van der Waals surface area contributed by atoms with Crippen LogP contribution in [0.4, 0.5) is 0 Å². The molecule has 114 valence electrons. The molecule has 0 radical (unpaired) electrons. The normalized spacial score (nSPS) is 20.0. The molecular formula is C16H23N3O2. The smallest absolute Gasteiger partial charge is 0.253 e. The molecule has 2 rings (SSSR count). The molecule has 21 heavy (non-hydrogen) atoms. The highest BCUT2D eigenvalue weighted by molar-refractivity contribution is 5.99. The van der Waals surface area contributed by atoms with Crippen LogP contribution in [0.1, 0.15) is 40.5 Å². The van der Waals surface area contributed by atoms with E-state index < -0.39 is 0 Å². The van der Waals surface area contributed by atoms with E-state index in [-0.39, 0.29) is 17.9 Å². The Bertz CT molecular complexity index is 528. The Morgan fingerprint density at radius 2 is 2.10 bits per heavy atom. The van der Waals surface area contributed by atoms with Gasteiger partial charge in [-0.15, -0.1) is 0 Å². The van der Waals surface area contributed by atoms with Gasteiger partial charge in [0.15, 0.2) is 0 Å². The highest BCUT2D eigenvalue weighted by atomic mass is 16.2. The third kappa shape index (κ3) is 3.61. The molecule has 0 bridgehead atoms. The summed E-state index contributed by atoms with van der Waals surface area (Å²) < 4.78 is 0. The molecule has 1 heterocycles. The van der Waals surface area contributed by atoms with Crippen molar-refractivity contribution in [3.05, 3.63) is 35.4 Å². The number of hydrogen-bond donors (Lipinski definition) is 2. The molecule has 0 saturated carbocycles. The van der Waals surface area contributed by atoms with E-state index in [1.807, 2.05) is 11.8 Å². The van der Waals surface area contributed by atoms with Crippen LogP contribution in [0.25, 0.3) is 0 Å². The second-order valence-corrected chi connectivity index (χ2v) is 5.67. The van der Waals surface area contributed by atoms with E-state index in [1.165, 1.54) is 0 Å². The number of rotatable bonds is 3. The van der Waals surface area contributed by atoms with E-state index in [0.717, 1.165) is 19.4 Å². The van der Waals surface area contributed by atoms with Crippen molar-refractivity contribution >= 4 is 11.8 Å². The van der Waals surface area contributed by atoms with Crippen LogP contribution < -0.4 is 11.1 Å². The van der Waals surface area contributed by atoms with Crippen LogP contribution in [0.3, 0.4) is 0 Å². The molecule has 1 aromatic carbocycles. The Kier molecular flexibility index (Phi) is 4.96. The number of benzene rings is 1. The Hall–Kier alpha value is -1.88. The average molecular weight is 289 g/mol. The van der Waals surface area contributed by atoms with Gasteiger partial charge >= 0.3 is 0 Å². The lowest BCUT2D eigenvalue weighted by molar-refractivity contribution is 0.0661. The van der Waals surface area contributed by atoms with Gasteiger partial charge in [-0.3, -0.25) is 9.59 Å². The van der Waals surface area contributed by atoms with Crippen LogP contribution in [0.2, 0.25) is 0 Å². The minimum Gasteiger partial charge on any atom is -0.355 e. The number of carbonyl (C=O) groups is 2. The SMILES string of the molecule is CNC(=O)c1cccc(C(=O)N2CCCC(C(C)N)C2)c1. The lowest BCUT2D eigenvalue weighted by atomic mass is 9.92. The molecule has 1 aromatic rings. The second-order valence-electron chi connectivity index (χ2n) is 5.67. The number of piperidine rings is 1. The maximum Gasteiger partial charge on any atom is 0.253 e. The van der Waals surface area contributed by atoms with E-state index in [2.05, 4.69) is 5.32 Å².